The minimum absolute atomic E-state index is 0.123. The number of methoxy groups -OCH3 is 1. The third kappa shape index (κ3) is 2.62. The average Bonchev–Trinajstić information content (AvgIpc) is 2.30. The monoisotopic (exact) mass is 318 g/mol. The molecule has 1 aliphatic heterocycles. The van der Waals surface area contributed by atoms with Gasteiger partial charge in [-0.25, -0.2) is 5.32 Å². The van der Waals surface area contributed by atoms with Crippen LogP contribution in [0.5, 0.6) is 5.75 Å². The van der Waals surface area contributed by atoms with E-state index in [1.807, 2.05) is 12.1 Å². The Labute approximate surface area is 103 Å². The minimum atomic E-state index is 0.123. The molecule has 1 saturated heterocycles. The van der Waals surface area contributed by atoms with Crippen molar-refractivity contribution in [2.45, 2.75) is 6.10 Å². The molecule has 0 saturated carbocycles. The Morgan fingerprint density at radius 1 is 1.53 bits per heavy atom. The number of rotatable bonds is 2. The molecule has 0 amide bonds. The number of nitrogens with zero attached hydrogens (tertiary/aromatic N) is 1. The van der Waals surface area contributed by atoms with Gasteiger partial charge in [0.1, 0.15) is 5.75 Å². The van der Waals surface area contributed by atoms with Gasteiger partial charge in [-0.2, -0.15) is 0 Å². The van der Waals surface area contributed by atoms with Crippen LogP contribution in [-0.2, 0) is 4.74 Å². The first-order chi connectivity index (χ1) is 7.31. The zero-order chi connectivity index (χ0) is 10.7. The van der Waals surface area contributed by atoms with Crippen LogP contribution in [0.1, 0.15) is 11.7 Å². The predicted octanol–water partition coefficient (Wildman–Crippen LogP) is 1.98. The van der Waals surface area contributed by atoms with Crippen LogP contribution in [0.4, 0.5) is 0 Å². The van der Waals surface area contributed by atoms with Gasteiger partial charge in [-0.1, -0.05) is 6.07 Å². The van der Waals surface area contributed by atoms with Gasteiger partial charge in [-0.3, -0.25) is 0 Å². The maximum Gasteiger partial charge on any atom is 0.132 e. The number of hydrogen-bond acceptors (Lipinski definition) is 2. The maximum absolute atomic E-state index is 5.65. The zero-order valence-electron chi connectivity index (χ0n) is 8.57. The molecule has 1 aromatic carbocycles. The van der Waals surface area contributed by atoms with Gasteiger partial charge in [-0.15, -0.1) is 0 Å². The lowest BCUT2D eigenvalue weighted by Gasteiger charge is -2.23. The molecule has 81 valence electrons. The van der Waals surface area contributed by atoms with Crippen LogP contribution in [0.3, 0.4) is 0 Å². The van der Waals surface area contributed by atoms with E-state index >= 15 is 0 Å². The Morgan fingerprint density at radius 3 is 3.00 bits per heavy atom. The average molecular weight is 318 g/mol. The zero-order valence-corrected chi connectivity index (χ0v) is 10.7. The lowest BCUT2D eigenvalue weighted by atomic mass is 10.1. The van der Waals surface area contributed by atoms with Crippen molar-refractivity contribution in [1.82, 2.24) is 5.32 Å². The fourth-order valence-electron chi connectivity index (χ4n) is 1.61. The van der Waals surface area contributed by atoms with Gasteiger partial charge >= 0.3 is 0 Å². The van der Waals surface area contributed by atoms with Crippen molar-refractivity contribution in [3.8, 4) is 5.75 Å². The Bertz CT molecular complexity index is 337. The summed E-state index contributed by atoms with van der Waals surface area (Å²) >= 11 is 2.27. The molecule has 1 fully saturated rings. The van der Waals surface area contributed by atoms with Gasteiger partial charge in [0, 0.05) is 13.1 Å². The van der Waals surface area contributed by atoms with Crippen LogP contribution in [0.15, 0.2) is 18.2 Å². The minimum Gasteiger partial charge on any atom is -0.496 e. The molecule has 0 unspecified atom stereocenters. The van der Waals surface area contributed by atoms with Crippen molar-refractivity contribution in [1.29, 1.82) is 0 Å². The van der Waals surface area contributed by atoms with Crippen LogP contribution in [0.25, 0.3) is 0 Å². The number of ether oxygens (including phenoxy) is 2. The molecule has 1 aliphatic rings. The second-order valence-corrected chi connectivity index (χ2v) is 4.55. The lowest BCUT2D eigenvalue weighted by molar-refractivity contribution is 0.0260. The van der Waals surface area contributed by atoms with Crippen LogP contribution in [0, 0.1) is 3.57 Å². The highest BCUT2D eigenvalue weighted by Crippen LogP contribution is 2.26. The van der Waals surface area contributed by atoms with Crippen LogP contribution in [0.2, 0.25) is 0 Å². The smallest absolute Gasteiger partial charge is 0.132 e. The first kappa shape index (κ1) is 11.2. The second-order valence-electron chi connectivity index (χ2n) is 3.38. The Balaban J connectivity index is 2.17. The van der Waals surface area contributed by atoms with E-state index in [0.717, 1.165) is 29.0 Å². The fourth-order valence-corrected chi connectivity index (χ4v) is 2.36. The number of halogens is 1. The quantitative estimate of drug-likeness (QED) is 0.781. The molecule has 1 radical (unpaired) electrons. The van der Waals surface area contributed by atoms with Gasteiger partial charge < -0.3 is 9.47 Å². The molecule has 1 heterocycles. The van der Waals surface area contributed by atoms with Gasteiger partial charge in [-0.05, 0) is 40.3 Å². The van der Waals surface area contributed by atoms with Crippen molar-refractivity contribution in [3.63, 3.8) is 0 Å². The topological polar surface area (TPSA) is 32.6 Å². The third-order valence-corrected chi connectivity index (χ3v) is 3.25. The van der Waals surface area contributed by atoms with E-state index < -0.39 is 0 Å². The van der Waals surface area contributed by atoms with E-state index in [2.05, 4.69) is 34.0 Å². The summed E-state index contributed by atoms with van der Waals surface area (Å²) in [5.74, 6) is 0.909. The first-order valence-electron chi connectivity index (χ1n) is 4.89. The summed E-state index contributed by atoms with van der Waals surface area (Å²) in [4.78, 5) is 0. The Kier molecular flexibility index (Phi) is 3.82. The van der Waals surface area contributed by atoms with E-state index in [9.17, 15) is 0 Å². The number of benzene rings is 1. The molecule has 0 bridgehead atoms. The first-order valence-corrected chi connectivity index (χ1v) is 5.97. The van der Waals surface area contributed by atoms with Gasteiger partial charge in [0.15, 0.2) is 0 Å². The maximum atomic E-state index is 5.65. The summed E-state index contributed by atoms with van der Waals surface area (Å²) in [7, 11) is 1.68. The molecule has 15 heavy (non-hydrogen) atoms. The molecular formula is C11H13INO2. The van der Waals surface area contributed by atoms with E-state index in [4.69, 9.17) is 9.47 Å². The van der Waals surface area contributed by atoms with Crippen LogP contribution >= 0.6 is 22.6 Å². The fraction of sp³-hybridized carbons (Fsp3) is 0.455. The molecule has 1 aromatic rings. The van der Waals surface area contributed by atoms with Crippen LogP contribution in [-0.4, -0.2) is 26.8 Å². The molecule has 0 aliphatic carbocycles. The molecule has 0 N–H and O–H groups in total. The molecular weight excluding hydrogens is 305 g/mol. The largest absolute Gasteiger partial charge is 0.496 e. The summed E-state index contributed by atoms with van der Waals surface area (Å²) in [6.45, 7) is 2.32. The highest BCUT2D eigenvalue weighted by atomic mass is 127. The van der Waals surface area contributed by atoms with E-state index in [1.165, 1.54) is 5.56 Å². The normalized spacial score (nSPS) is 21.3. The summed E-state index contributed by atoms with van der Waals surface area (Å²) < 4.78 is 12.0. The Hall–Kier alpha value is -0.330. The van der Waals surface area contributed by atoms with Crippen LogP contribution < -0.4 is 10.1 Å². The van der Waals surface area contributed by atoms with Gasteiger partial charge in [0.2, 0.25) is 0 Å². The highest BCUT2D eigenvalue weighted by Gasteiger charge is 2.17. The van der Waals surface area contributed by atoms with E-state index in [-0.39, 0.29) is 6.10 Å². The van der Waals surface area contributed by atoms with Crippen molar-refractivity contribution in [2.75, 3.05) is 26.8 Å². The predicted molar refractivity (Wildman–Crippen MR) is 66.3 cm³/mol. The summed E-state index contributed by atoms with van der Waals surface area (Å²) in [5.41, 5.74) is 1.18. The van der Waals surface area contributed by atoms with E-state index in [1.54, 1.807) is 7.11 Å². The summed E-state index contributed by atoms with van der Waals surface area (Å²) in [6.07, 6.45) is 0.123. The van der Waals surface area contributed by atoms with Crippen molar-refractivity contribution < 1.29 is 9.47 Å². The molecule has 0 spiro atoms. The SMILES string of the molecule is COc1ccc([C@H]2C[N]CCO2)cc1I. The Morgan fingerprint density at radius 2 is 2.40 bits per heavy atom. The van der Waals surface area contributed by atoms with Crippen molar-refractivity contribution in [3.05, 3.63) is 27.3 Å². The van der Waals surface area contributed by atoms with E-state index in [0.29, 0.717) is 0 Å². The van der Waals surface area contributed by atoms with Crippen molar-refractivity contribution in [2.24, 2.45) is 0 Å². The lowest BCUT2D eigenvalue weighted by Crippen LogP contribution is -2.28. The second kappa shape index (κ2) is 5.14. The third-order valence-electron chi connectivity index (χ3n) is 2.41. The standard InChI is InChI=1S/C11H13INO2/c1-14-10-3-2-8(6-9(10)12)11-7-13-4-5-15-11/h2-3,6,11H,4-5,7H2,1H3/t11-/m1/s1. The summed E-state index contributed by atoms with van der Waals surface area (Å²) in [6, 6.07) is 6.13. The van der Waals surface area contributed by atoms with Gasteiger partial charge in [0.25, 0.3) is 0 Å². The molecule has 4 heteroatoms. The molecule has 1 atom stereocenters. The highest BCUT2D eigenvalue weighted by molar-refractivity contribution is 14.1. The summed E-state index contributed by atoms with van der Waals surface area (Å²) in [5, 5.41) is 4.35. The molecule has 0 aromatic heterocycles. The van der Waals surface area contributed by atoms with Crippen molar-refractivity contribution >= 4 is 22.6 Å². The number of morpholine rings is 1. The molecule has 2 rings (SSSR count). The molecule has 3 nitrogen and oxygen atoms in total. The number of hydrogen-bond donors (Lipinski definition) is 0. The van der Waals surface area contributed by atoms with Gasteiger partial charge in [0.05, 0.1) is 23.4 Å².